The second-order valence-electron chi connectivity index (χ2n) is 6.68. The summed E-state index contributed by atoms with van der Waals surface area (Å²) in [4.78, 5) is 1.81. The Hall–Kier alpha value is -3.73. The number of nitrogens with zero attached hydrogens (tertiary/aromatic N) is 3. The summed E-state index contributed by atoms with van der Waals surface area (Å²) in [6.07, 6.45) is -3.21. The Morgan fingerprint density at radius 1 is 0.906 bits per heavy atom. The van der Waals surface area contributed by atoms with Crippen molar-refractivity contribution in [3.8, 4) is 12.1 Å². The molecular formula is C21H14F7N3O. The number of benzene rings is 1. The van der Waals surface area contributed by atoms with Crippen LogP contribution in [0.25, 0.3) is 6.08 Å². The van der Waals surface area contributed by atoms with Gasteiger partial charge in [-0.25, -0.2) is 0 Å². The molecule has 168 valence electrons. The Balaban J connectivity index is 2.50. The van der Waals surface area contributed by atoms with E-state index < -0.39 is 40.7 Å². The van der Waals surface area contributed by atoms with Crippen molar-refractivity contribution >= 4 is 11.8 Å². The molecule has 1 aliphatic heterocycles. The van der Waals surface area contributed by atoms with Gasteiger partial charge < -0.3 is 9.64 Å². The number of alkyl halides is 7. The summed E-state index contributed by atoms with van der Waals surface area (Å²) in [7, 11) is 3.60. The molecule has 1 heterocycles. The third kappa shape index (κ3) is 4.78. The fourth-order valence-electron chi connectivity index (χ4n) is 2.45. The van der Waals surface area contributed by atoms with Crippen molar-refractivity contribution in [2.45, 2.75) is 18.0 Å². The van der Waals surface area contributed by atoms with E-state index in [1.807, 2.05) is 4.90 Å². The van der Waals surface area contributed by atoms with Gasteiger partial charge in [0.05, 0.1) is 0 Å². The second kappa shape index (κ2) is 8.79. The van der Waals surface area contributed by atoms with Crippen LogP contribution < -0.4 is 4.90 Å². The maximum Gasteiger partial charge on any atom is 0.460 e. The smallest absolute Gasteiger partial charge is 0.455 e. The molecule has 0 aliphatic carbocycles. The summed E-state index contributed by atoms with van der Waals surface area (Å²) in [5.41, 5.74) is -0.0167. The molecule has 4 nitrogen and oxygen atoms in total. The van der Waals surface area contributed by atoms with Gasteiger partial charge in [-0.3, -0.25) is 0 Å². The largest absolute Gasteiger partial charge is 0.460 e. The minimum atomic E-state index is -6.58. The van der Waals surface area contributed by atoms with Gasteiger partial charge in [0, 0.05) is 25.4 Å². The van der Waals surface area contributed by atoms with Gasteiger partial charge in [-0.15, -0.1) is 0 Å². The minimum Gasteiger partial charge on any atom is -0.455 e. The van der Waals surface area contributed by atoms with Gasteiger partial charge in [-0.05, 0) is 35.9 Å². The van der Waals surface area contributed by atoms with E-state index in [9.17, 15) is 30.7 Å². The Morgan fingerprint density at radius 3 is 1.94 bits per heavy atom. The first kappa shape index (κ1) is 24.5. The highest BCUT2D eigenvalue weighted by Crippen LogP contribution is 2.51. The lowest BCUT2D eigenvalue weighted by Crippen LogP contribution is -2.53. The van der Waals surface area contributed by atoms with Gasteiger partial charge in [-0.1, -0.05) is 18.2 Å². The van der Waals surface area contributed by atoms with E-state index in [1.54, 1.807) is 38.4 Å². The summed E-state index contributed by atoms with van der Waals surface area (Å²) < 4.78 is 97.6. The normalized spacial score (nSPS) is 14.8. The lowest BCUT2D eigenvalue weighted by Gasteiger charge is -2.31. The van der Waals surface area contributed by atoms with Crippen LogP contribution in [0, 0.1) is 22.7 Å². The number of nitriles is 2. The van der Waals surface area contributed by atoms with E-state index in [1.165, 1.54) is 18.2 Å². The molecule has 1 aromatic rings. The molecule has 0 aromatic heterocycles. The molecule has 0 unspecified atom stereocenters. The van der Waals surface area contributed by atoms with Crippen LogP contribution in [0.1, 0.15) is 5.56 Å². The summed E-state index contributed by atoms with van der Waals surface area (Å²) in [6.45, 7) is 0. The Labute approximate surface area is 178 Å². The lowest BCUT2D eigenvalue weighted by molar-refractivity contribution is -0.349. The minimum absolute atomic E-state index is 0.116. The van der Waals surface area contributed by atoms with Crippen molar-refractivity contribution in [1.29, 1.82) is 10.5 Å². The Kier molecular flexibility index (Phi) is 6.74. The number of allylic oxidation sites excluding steroid dienone is 6. The van der Waals surface area contributed by atoms with E-state index in [0.29, 0.717) is 5.56 Å². The van der Waals surface area contributed by atoms with Crippen LogP contribution in [-0.2, 0) is 4.74 Å². The van der Waals surface area contributed by atoms with Gasteiger partial charge in [0.1, 0.15) is 23.5 Å². The molecule has 0 fully saturated rings. The molecule has 0 bridgehead atoms. The molecular weight excluding hydrogens is 443 g/mol. The second-order valence-corrected chi connectivity index (χ2v) is 6.68. The third-order valence-corrected chi connectivity index (χ3v) is 4.23. The highest BCUT2D eigenvalue weighted by atomic mass is 19.4. The number of hydrogen-bond donors (Lipinski definition) is 0. The molecule has 0 amide bonds. The van der Waals surface area contributed by atoms with E-state index in [4.69, 9.17) is 10.5 Å². The maximum absolute atomic E-state index is 14.2. The molecule has 0 atom stereocenters. The van der Waals surface area contributed by atoms with Crippen LogP contribution in [0.3, 0.4) is 0 Å². The highest BCUT2D eigenvalue weighted by molar-refractivity contribution is 5.59. The monoisotopic (exact) mass is 457 g/mol. The van der Waals surface area contributed by atoms with Gasteiger partial charge >= 0.3 is 18.0 Å². The third-order valence-electron chi connectivity index (χ3n) is 4.23. The van der Waals surface area contributed by atoms with E-state index in [0.717, 1.165) is 17.8 Å². The van der Waals surface area contributed by atoms with Crippen molar-refractivity contribution in [3.63, 3.8) is 0 Å². The highest BCUT2D eigenvalue weighted by Gasteiger charge is 2.75. The van der Waals surface area contributed by atoms with Crippen molar-refractivity contribution in [3.05, 3.63) is 70.7 Å². The molecule has 2 rings (SSSR count). The van der Waals surface area contributed by atoms with E-state index in [-0.39, 0.29) is 6.08 Å². The summed E-state index contributed by atoms with van der Waals surface area (Å²) in [5, 5.41) is 17.9. The van der Waals surface area contributed by atoms with Gasteiger partial charge in [0.15, 0.2) is 5.76 Å². The molecule has 0 saturated carbocycles. The summed E-state index contributed by atoms with van der Waals surface area (Å²) in [6, 6.07) is 9.42. The first-order valence-electron chi connectivity index (χ1n) is 8.68. The van der Waals surface area contributed by atoms with E-state index >= 15 is 0 Å². The average molecular weight is 457 g/mol. The molecule has 11 heteroatoms. The molecule has 1 aromatic carbocycles. The molecule has 32 heavy (non-hydrogen) atoms. The number of anilines is 1. The summed E-state index contributed by atoms with van der Waals surface area (Å²) >= 11 is 0. The van der Waals surface area contributed by atoms with Crippen molar-refractivity contribution in [2.75, 3.05) is 19.0 Å². The maximum atomic E-state index is 14.2. The number of halogens is 7. The first-order valence-corrected chi connectivity index (χ1v) is 8.68. The average Bonchev–Trinajstić information content (AvgIpc) is 2.72. The van der Waals surface area contributed by atoms with Crippen LogP contribution >= 0.6 is 0 Å². The molecule has 0 N–H and O–H groups in total. The van der Waals surface area contributed by atoms with Crippen molar-refractivity contribution in [2.24, 2.45) is 0 Å². The van der Waals surface area contributed by atoms with Crippen LogP contribution in [0.15, 0.2) is 65.2 Å². The van der Waals surface area contributed by atoms with Gasteiger partial charge in [-0.2, -0.15) is 41.3 Å². The van der Waals surface area contributed by atoms with E-state index in [2.05, 4.69) is 4.74 Å². The zero-order valence-electron chi connectivity index (χ0n) is 16.5. The van der Waals surface area contributed by atoms with Crippen molar-refractivity contribution < 1.29 is 35.5 Å². The number of ether oxygens (including phenoxy) is 1. The standard InChI is InChI=1S/C21H14F7N3O/c1-31(2)16-6-3-13(4-7-16)5-8-17-9-14(15(11-29)12-30)10-18(32-17)19(22,23)20(24,25)21(26,27)28/h3-10H,1-2H3/b8-5+. The van der Waals surface area contributed by atoms with Crippen LogP contribution in [0.2, 0.25) is 0 Å². The summed E-state index contributed by atoms with van der Waals surface area (Å²) in [5.74, 6) is -14.9. The fourth-order valence-corrected chi connectivity index (χ4v) is 2.45. The van der Waals surface area contributed by atoms with Crippen molar-refractivity contribution in [1.82, 2.24) is 0 Å². The fraction of sp³-hybridized carbons (Fsp3) is 0.238. The molecule has 0 radical (unpaired) electrons. The topological polar surface area (TPSA) is 60.0 Å². The van der Waals surface area contributed by atoms with Crippen LogP contribution in [0.5, 0.6) is 0 Å². The number of rotatable bonds is 5. The first-order chi connectivity index (χ1) is 14.7. The van der Waals surface area contributed by atoms with Crippen LogP contribution in [-0.4, -0.2) is 32.1 Å². The predicted molar refractivity (Wildman–Crippen MR) is 101 cm³/mol. The zero-order valence-corrected chi connectivity index (χ0v) is 16.5. The van der Waals surface area contributed by atoms with Gasteiger partial charge in [0.25, 0.3) is 0 Å². The molecule has 1 aliphatic rings. The predicted octanol–water partition coefficient (Wildman–Crippen LogP) is 5.74. The van der Waals surface area contributed by atoms with Crippen LogP contribution in [0.4, 0.5) is 36.4 Å². The number of hydrogen-bond acceptors (Lipinski definition) is 4. The Morgan fingerprint density at radius 2 is 1.47 bits per heavy atom. The Bertz CT molecular complexity index is 1060. The van der Waals surface area contributed by atoms with Gasteiger partial charge in [0.2, 0.25) is 0 Å². The zero-order chi connectivity index (χ0) is 24.3. The SMILES string of the molecule is CN(C)c1ccc(/C=C/C2=CC(=C(C#N)C#N)C=C(C(F)(F)C(F)(F)C(F)(F)F)O2)cc1. The quantitative estimate of drug-likeness (QED) is 0.418. The molecule has 0 spiro atoms. The molecule has 0 saturated heterocycles. The lowest BCUT2D eigenvalue weighted by atomic mass is 10.0.